The highest BCUT2D eigenvalue weighted by atomic mass is 32.1. The van der Waals surface area contributed by atoms with Crippen molar-refractivity contribution in [1.29, 1.82) is 0 Å². The SMILES string of the molecule is CC(N)C(C)Nc1nc(Cc2ccccc2F)ns1. The van der Waals surface area contributed by atoms with Crippen molar-refractivity contribution in [2.75, 3.05) is 5.32 Å². The first-order valence-corrected chi connectivity index (χ1v) is 6.91. The second-order valence-electron chi connectivity index (χ2n) is 4.58. The molecule has 6 heteroatoms. The average molecular weight is 280 g/mol. The van der Waals surface area contributed by atoms with Gasteiger partial charge in [0.2, 0.25) is 5.13 Å². The molecule has 0 saturated heterocycles. The molecule has 0 aliphatic carbocycles. The highest BCUT2D eigenvalue weighted by Crippen LogP contribution is 2.17. The molecule has 2 aromatic rings. The van der Waals surface area contributed by atoms with Gasteiger partial charge < -0.3 is 11.1 Å². The summed E-state index contributed by atoms with van der Waals surface area (Å²) in [6.45, 7) is 3.92. The Labute approximate surface area is 116 Å². The first kappa shape index (κ1) is 13.9. The average Bonchev–Trinajstić information content (AvgIpc) is 2.79. The lowest BCUT2D eigenvalue weighted by molar-refractivity contribution is 0.612. The number of nitrogens with two attached hydrogens (primary N) is 1. The third kappa shape index (κ3) is 3.71. The predicted molar refractivity (Wildman–Crippen MR) is 75.8 cm³/mol. The number of benzene rings is 1. The fourth-order valence-corrected chi connectivity index (χ4v) is 2.20. The lowest BCUT2D eigenvalue weighted by atomic mass is 10.1. The summed E-state index contributed by atoms with van der Waals surface area (Å²) >= 11 is 1.27. The monoisotopic (exact) mass is 280 g/mol. The van der Waals surface area contributed by atoms with Crippen molar-refractivity contribution >= 4 is 16.7 Å². The molecule has 0 spiro atoms. The Hall–Kier alpha value is -1.53. The molecule has 0 radical (unpaired) electrons. The van der Waals surface area contributed by atoms with Crippen LogP contribution >= 0.6 is 11.5 Å². The highest BCUT2D eigenvalue weighted by molar-refractivity contribution is 7.09. The Morgan fingerprint density at radius 2 is 2.11 bits per heavy atom. The van der Waals surface area contributed by atoms with Gasteiger partial charge in [0.25, 0.3) is 0 Å². The zero-order valence-corrected chi connectivity index (χ0v) is 11.7. The molecular formula is C13H17FN4S. The smallest absolute Gasteiger partial charge is 0.202 e. The van der Waals surface area contributed by atoms with Gasteiger partial charge in [-0.15, -0.1) is 0 Å². The topological polar surface area (TPSA) is 63.8 Å². The van der Waals surface area contributed by atoms with Gasteiger partial charge in [0.15, 0.2) is 0 Å². The molecule has 102 valence electrons. The first-order chi connectivity index (χ1) is 9.06. The summed E-state index contributed by atoms with van der Waals surface area (Å²) in [5.74, 6) is 0.394. The maximum Gasteiger partial charge on any atom is 0.202 e. The highest BCUT2D eigenvalue weighted by Gasteiger charge is 2.11. The number of halogens is 1. The Kier molecular flexibility index (Phi) is 4.44. The second-order valence-corrected chi connectivity index (χ2v) is 5.33. The van der Waals surface area contributed by atoms with Crippen LogP contribution in [0.5, 0.6) is 0 Å². The fraction of sp³-hybridized carbons (Fsp3) is 0.385. The summed E-state index contributed by atoms with van der Waals surface area (Å²) in [4.78, 5) is 4.34. The standard InChI is InChI=1S/C13H17FN4S/c1-8(15)9(2)16-13-17-12(18-19-13)7-10-5-3-4-6-11(10)14/h3-6,8-9H,7,15H2,1-2H3,(H,16,17,18). The minimum atomic E-state index is -0.226. The Bertz CT molecular complexity index is 541. The molecule has 4 nitrogen and oxygen atoms in total. The van der Waals surface area contributed by atoms with E-state index in [9.17, 15) is 4.39 Å². The summed E-state index contributed by atoms with van der Waals surface area (Å²) in [7, 11) is 0. The summed E-state index contributed by atoms with van der Waals surface area (Å²) in [6.07, 6.45) is 0.400. The van der Waals surface area contributed by atoms with Crippen LogP contribution in [0, 0.1) is 5.82 Å². The van der Waals surface area contributed by atoms with Crippen molar-refractivity contribution in [1.82, 2.24) is 9.36 Å². The van der Waals surface area contributed by atoms with Crippen LogP contribution < -0.4 is 11.1 Å². The molecule has 2 rings (SSSR count). The maximum atomic E-state index is 13.5. The molecule has 0 saturated carbocycles. The van der Waals surface area contributed by atoms with Crippen LogP contribution in [0.15, 0.2) is 24.3 Å². The van der Waals surface area contributed by atoms with Gasteiger partial charge in [-0.1, -0.05) is 18.2 Å². The molecule has 19 heavy (non-hydrogen) atoms. The number of nitrogens with one attached hydrogen (secondary N) is 1. The number of aromatic nitrogens is 2. The summed E-state index contributed by atoms with van der Waals surface area (Å²) in [6, 6.07) is 6.81. The normalized spacial score (nSPS) is 14.1. The van der Waals surface area contributed by atoms with Gasteiger partial charge in [-0.2, -0.15) is 4.37 Å². The maximum absolute atomic E-state index is 13.5. The van der Waals surface area contributed by atoms with Gasteiger partial charge in [-0.3, -0.25) is 0 Å². The molecule has 1 aromatic carbocycles. The van der Waals surface area contributed by atoms with E-state index in [1.165, 1.54) is 17.6 Å². The van der Waals surface area contributed by atoms with Gasteiger partial charge >= 0.3 is 0 Å². The van der Waals surface area contributed by atoms with Crippen LogP contribution in [-0.2, 0) is 6.42 Å². The molecule has 2 unspecified atom stereocenters. The van der Waals surface area contributed by atoms with Crippen molar-refractivity contribution in [2.45, 2.75) is 32.4 Å². The molecule has 0 amide bonds. The van der Waals surface area contributed by atoms with Crippen LogP contribution in [0.1, 0.15) is 25.2 Å². The molecular weight excluding hydrogens is 263 g/mol. The minimum Gasteiger partial charge on any atom is -0.356 e. The number of hydrogen-bond acceptors (Lipinski definition) is 5. The van der Waals surface area contributed by atoms with Crippen molar-refractivity contribution < 1.29 is 4.39 Å². The number of hydrogen-bond donors (Lipinski definition) is 2. The van der Waals surface area contributed by atoms with E-state index in [0.29, 0.717) is 17.8 Å². The van der Waals surface area contributed by atoms with E-state index >= 15 is 0 Å². The lowest BCUT2D eigenvalue weighted by Gasteiger charge is -2.15. The van der Waals surface area contributed by atoms with E-state index in [2.05, 4.69) is 14.7 Å². The van der Waals surface area contributed by atoms with E-state index in [-0.39, 0.29) is 17.9 Å². The minimum absolute atomic E-state index is 0.0268. The van der Waals surface area contributed by atoms with Gasteiger partial charge in [-0.25, -0.2) is 9.37 Å². The van der Waals surface area contributed by atoms with Gasteiger partial charge in [0, 0.05) is 30.0 Å². The molecule has 0 aliphatic heterocycles. The summed E-state index contributed by atoms with van der Waals surface area (Å²) < 4.78 is 17.7. The molecule has 2 atom stereocenters. The van der Waals surface area contributed by atoms with Gasteiger partial charge in [0.1, 0.15) is 11.6 Å². The summed E-state index contributed by atoms with van der Waals surface area (Å²) in [5, 5.41) is 3.91. The van der Waals surface area contributed by atoms with Crippen molar-refractivity contribution in [3.05, 3.63) is 41.5 Å². The Balaban J connectivity index is 2.04. The van der Waals surface area contributed by atoms with E-state index in [1.54, 1.807) is 12.1 Å². The molecule has 0 bridgehead atoms. The van der Waals surface area contributed by atoms with E-state index < -0.39 is 0 Å². The van der Waals surface area contributed by atoms with Crippen LogP contribution in [0.4, 0.5) is 9.52 Å². The molecule has 1 heterocycles. The van der Waals surface area contributed by atoms with Gasteiger partial charge in [0.05, 0.1) is 0 Å². The number of rotatable bonds is 5. The van der Waals surface area contributed by atoms with E-state index in [4.69, 9.17) is 5.73 Å². The molecule has 3 N–H and O–H groups in total. The third-order valence-electron chi connectivity index (χ3n) is 2.91. The lowest BCUT2D eigenvalue weighted by Crippen LogP contribution is -2.35. The second kappa shape index (κ2) is 6.08. The number of nitrogens with zero attached hydrogens (tertiary/aromatic N) is 2. The Morgan fingerprint density at radius 1 is 1.37 bits per heavy atom. The quantitative estimate of drug-likeness (QED) is 0.883. The van der Waals surface area contributed by atoms with Crippen LogP contribution in [0.3, 0.4) is 0 Å². The number of anilines is 1. The summed E-state index contributed by atoms with van der Waals surface area (Å²) in [5.41, 5.74) is 6.38. The van der Waals surface area contributed by atoms with E-state index in [1.807, 2.05) is 19.9 Å². The van der Waals surface area contributed by atoms with Crippen LogP contribution in [-0.4, -0.2) is 21.4 Å². The van der Waals surface area contributed by atoms with Gasteiger partial charge in [-0.05, 0) is 25.5 Å². The van der Waals surface area contributed by atoms with Crippen molar-refractivity contribution in [3.63, 3.8) is 0 Å². The van der Waals surface area contributed by atoms with E-state index in [0.717, 1.165) is 5.13 Å². The fourth-order valence-electron chi connectivity index (χ4n) is 1.52. The molecule has 0 aliphatic rings. The largest absolute Gasteiger partial charge is 0.356 e. The van der Waals surface area contributed by atoms with Crippen molar-refractivity contribution in [3.8, 4) is 0 Å². The van der Waals surface area contributed by atoms with Crippen LogP contribution in [0.25, 0.3) is 0 Å². The zero-order valence-electron chi connectivity index (χ0n) is 10.9. The van der Waals surface area contributed by atoms with Crippen LogP contribution in [0.2, 0.25) is 0 Å². The molecule has 1 aromatic heterocycles. The third-order valence-corrected chi connectivity index (χ3v) is 3.60. The first-order valence-electron chi connectivity index (χ1n) is 6.14. The zero-order chi connectivity index (χ0) is 13.8. The molecule has 0 fully saturated rings. The Morgan fingerprint density at radius 3 is 2.79 bits per heavy atom. The van der Waals surface area contributed by atoms with Crippen molar-refractivity contribution in [2.24, 2.45) is 5.73 Å². The predicted octanol–water partition coefficient (Wildman–Crippen LogP) is 2.42.